The molecular weight excluding hydrogens is 305 g/mol. The predicted octanol–water partition coefficient (Wildman–Crippen LogP) is 2.28. The van der Waals surface area contributed by atoms with Crippen LogP contribution in [0.5, 0.6) is 0 Å². The first kappa shape index (κ1) is 17.4. The van der Waals surface area contributed by atoms with Gasteiger partial charge >= 0.3 is 51.4 Å². The normalized spacial score (nSPS) is 11.2. The molecule has 2 aromatic carbocycles. The van der Waals surface area contributed by atoms with E-state index in [4.69, 9.17) is 10.3 Å². The van der Waals surface area contributed by atoms with Crippen LogP contribution in [0.4, 0.5) is 17.1 Å². The van der Waals surface area contributed by atoms with Gasteiger partial charge in [-0.1, -0.05) is 0 Å². The van der Waals surface area contributed by atoms with Gasteiger partial charge in [-0.3, -0.25) is 4.55 Å². The molecule has 0 unspecified atom stereocenters. The van der Waals surface area contributed by atoms with Gasteiger partial charge in [0, 0.05) is 5.69 Å². The van der Waals surface area contributed by atoms with E-state index in [1.54, 1.807) is 24.3 Å². The average molecular weight is 317 g/mol. The van der Waals surface area contributed by atoms with E-state index >= 15 is 0 Å². The average Bonchev–Trinajstić information content (AvgIpc) is 2.37. The first-order valence-corrected chi connectivity index (χ1v) is 6.74. The van der Waals surface area contributed by atoms with Gasteiger partial charge in [0.05, 0.1) is 16.3 Å². The van der Waals surface area contributed by atoms with Crippen LogP contribution in [0, 0.1) is 0 Å². The van der Waals surface area contributed by atoms with Crippen LogP contribution in [0.25, 0.3) is 0 Å². The molecule has 2 rings (SSSR count). The number of hydrogen-bond acceptors (Lipinski definition) is 5. The maximum absolute atomic E-state index is 10.8. The van der Waals surface area contributed by atoms with Crippen LogP contribution in [-0.4, -0.2) is 64.4 Å². The first-order valence-electron chi connectivity index (χ1n) is 5.30. The summed E-state index contributed by atoms with van der Waals surface area (Å²) in [6.07, 6.45) is 0. The Hall–Kier alpha value is -0.614. The summed E-state index contributed by atoms with van der Waals surface area (Å²) in [5.41, 5.74) is 7.28. The number of azo groups is 1. The third kappa shape index (κ3) is 5.06. The second-order valence-electron chi connectivity index (χ2n) is 3.76. The van der Waals surface area contributed by atoms with Crippen molar-refractivity contribution in [3.8, 4) is 0 Å². The zero-order valence-corrected chi connectivity index (χ0v) is 10.6. The molecule has 100 valence electrons. The van der Waals surface area contributed by atoms with Crippen LogP contribution in [0.3, 0.4) is 0 Å². The predicted molar refractivity (Wildman–Crippen MR) is 78.4 cm³/mol. The summed E-state index contributed by atoms with van der Waals surface area (Å²) in [7, 11) is -4.18. The van der Waals surface area contributed by atoms with Gasteiger partial charge in [0.1, 0.15) is 0 Å². The van der Waals surface area contributed by atoms with E-state index in [1.165, 1.54) is 24.3 Å². The molecule has 0 spiro atoms. The Balaban J connectivity index is 0.00000200. The number of nitrogens with zero attached hydrogens (tertiary/aromatic N) is 2. The SMILES string of the molecule is Nc1ccc(N=Nc2ccc(S(=O)(=O)O)cc2)cc1.[KH]. The van der Waals surface area contributed by atoms with Gasteiger partial charge < -0.3 is 5.73 Å². The van der Waals surface area contributed by atoms with Crippen molar-refractivity contribution in [3.63, 3.8) is 0 Å². The summed E-state index contributed by atoms with van der Waals surface area (Å²) in [6, 6.07) is 12.2. The van der Waals surface area contributed by atoms with Crippen molar-refractivity contribution in [2.45, 2.75) is 4.90 Å². The van der Waals surface area contributed by atoms with Gasteiger partial charge in [-0.2, -0.15) is 18.6 Å². The quantitative estimate of drug-likeness (QED) is 0.392. The van der Waals surface area contributed by atoms with Crippen molar-refractivity contribution in [1.82, 2.24) is 0 Å². The van der Waals surface area contributed by atoms with Crippen LogP contribution in [0.15, 0.2) is 63.7 Å². The molecule has 0 atom stereocenters. The Morgan fingerprint density at radius 3 is 1.65 bits per heavy atom. The zero-order valence-electron chi connectivity index (χ0n) is 9.76. The Labute approximate surface area is 159 Å². The molecule has 0 aliphatic heterocycles. The Kier molecular flexibility index (Phi) is 6.46. The van der Waals surface area contributed by atoms with Gasteiger partial charge in [0.2, 0.25) is 0 Å². The molecule has 2 aromatic rings. The third-order valence-corrected chi connectivity index (χ3v) is 3.18. The minimum atomic E-state index is -4.18. The molecule has 0 saturated carbocycles. The molecule has 0 bridgehead atoms. The van der Waals surface area contributed by atoms with Gasteiger partial charge in [-0.15, -0.1) is 0 Å². The molecule has 0 amide bonds. The van der Waals surface area contributed by atoms with Crippen molar-refractivity contribution >= 4 is 78.6 Å². The molecule has 6 nitrogen and oxygen atoms in total. The van der Waals surface area contributed by atoms with E-state index in [0.29, 0.717) is 17.1 Å². The van der Waals surface area contributed by atoms with Gasteiger partial charge in [-0.05, 0) is 48.5 Å². The maximum atomic E-state index is 10.8. The number of nitrogens with two attached hydrogens (primary N) is 1. The monoisotopic (exact) mass is 317 g/mol. The van der Waals surface area contributed by atoms with Crippen LogP contribution in [-0.2, 0) is 10.1 Å². The summed E-state index contributed by atoms with van der Waals surface area (Å²) in [5, 5.41) is 7.90. The van der Waals surface area contributed by atoms with E-state index in [9.17, 15) is 8.42 Å². The van der Waals surface area contributed by atoms with Gasteiger partial charge in [-0.25, -0.2) is 0 Å². The number of anilines is 1. The molecule has 0 aromatic heterocycles. The van der Waals surface area contributed by atoms with Crippen LogP contribution >= 0.6 is 0 Å². The third-order valence-electron chi connectivity index (χ3n) is 2.31. The van der Waals surface area contributed by atoms with Crippen LogP contribution in [0.1, 0.15) is 0 Å². The van der Waals surface area contributed by atoms with Crippen molar-refractivity contribution in [3.05, 3.63) is 48.5 Å². The molecule has 3 N–H and O–H groups in total. The van der Waals surface area contributed by atoms with Crippen molar-refractivity contribution in [1.29, 1.82) is 0 Å². The molecule has 20 heavy (non-hydrogen) atoms. The van der Waals surface area contributed by atoms with E-state index < -0.39 is 10.1 Å². The van der Waals surface area contributed by atoms with Crippen molar-refractivity contribution < 1.29 is 13.0 Å². The van der Waals surface area contributed by atoms with Crippen LogP contribution < -0.4 is 5.73 Å². The van der Waals surface area contributed by atoms with E-state index in [2.05, 4.69) is 10.2 Å². The second-order valence-corrected chi connectivity index (χ2v) is 5.18. The van der Waals surface area contributed by atoms with Crippen LogP contribution in [0.2, 0.25) is 0 Å². The molecule has 0 saturated heterocycles. The van der Waals surface area contributed by atoms with Crippen molar-refractivity contribution in [2.24, 2.45) is 10.2 Å². The molecule has 0 radical (unpaired) electrons. The number of nitrogen functional groups attached to an aromatic ring is 1. The fourth-order valence-corrected chi connectivity index (χ4v) is 1.82. The summed E-state index contributed by atoms with van der Waals surface area (Å²) in [4.78, 5) is -0.182. The summed E-state index contributed by atoms with van der Waals surface area (Å²) < 4.78 is 30.5. The fourth-order valence-electron chi connectivity index (χ4n) is 1.34. The van der Waals surface area contributed by atoms with E-state index in [1.807, 2.05) is 0 Å². The molecule has 0 aliphatic rings. The Bertz CT molecular complexity index is 698. The number of hydrogen-bond donors (Lipinski definition) is 2. The van der Waals surface area contributed by atoms with Crippen molar-refractivity contribution in [2.75, 3.05) is 5.73 Å². The first-order chi connectivity index (χ1) is 8.95. The number of rotatable bonds is 3. The standard InChI is InChI=1S/C12H11N3O3S.K.H/c13-9-1-3-10(4-2-9)14-15-11-5-7-12(8-6-11)19(16,17)18;;/h1-8H,13H2,(H,16,17,18);;. The zero-order chi connectivity index (χ0) is 13.9. The minimum absolute atomic E-state index is 0. The second kappa shape index (κ2) is 7.41. The van der Waals surface area contributed by atoms with Gasteiger partial charge in [0.15, 0.2) is 0 Å². The summed E-state index contributed by atoms with van der Waals surface area (Å²) in [6.45, 7) is 0. The summed E-state index contributed by atoms with van der Waals surface area (Å²) >= 11 is 0. The van der Waals surface area contributed by atoms with Gasteiger partial charge in [0.25, 0.3) is 10.1 Å². The molecular formula is C12H12KN3O3S. The molecule has 8 heteroatoms. The summed E-state index contributed by atoms with van der Waals surface area (Å²) in [5.74, 6) is 0. The Morgan fingerprint density at radius 1 is 0.850 bits per heavy atom. The number of benzene rings is 2. The molecule has 0 fully saturated rings. The van der Waals surface area contributed by atoms with E-state index in [-0.39, 0.29) is 56.3 Å². The topological polar surface area (TPSA) is 105 Å². The molecule has 0 aliphatic carbocycles. The Morgan fingerprint density at radius 2 is 1.25 bits per heavy atom. The van der Waals surface area contributed by atoms with E-state index in [0.717, 1.165) is 0 Å². The fraction of sp³-hybridized carbons (Fsp3) is 0. The molecule has 0 heterocycles.